The van der Waals surface area contributed by atoms with E-state index < -0.39 is 27.6 Å². The van der Waals surface area contributed by atoms with Crippen molar-refractivity contribution in [3.8, 4) is 5.75 Å². The van der Waals surface area contributed by atoms with Gasteiger partial charge in [0.2, 0.25) is 0 Å². The van der Waals surface area contributed by atoms with Gasteiger partial charge in [-0.3, -0.25) is 14.5 Å². The standard InChI is InChI=1S/C23H23F2N3O4S/c1-3-28(15-16-9-10-20(24)21(25)11-16)23(29)19-7-5-6-8-22(19)33(30,31)27-17-12-18(32-4-2)14-26-13-17/h5-14,27H,3-4,15H2,1-2H3. The number of carbonyl (C=O) groups is 1. The van der Waals surface area contributed by atoms with Crippen LogP contribution in [0.4, 0.5) is 14.5 Å². The van der Waals surface area contributed by atoms with Crippen molar-refractivity contribution in [3.63, 3.8) is 0 Å². The molecule has 0 aliphatic carbocycles. The normalized spacial score (nSPS) is 11.2. The van der Waals surface area contributed by atoms with Crippen LogP contribution in [0.5, 0.6) is 5.75 Å². The van der Waals surface area contributed by atoms with Gasteiger partial charge in [0.1, 0.15) is 10.6 Å². The lowest BCUT2D eigenvalue weighted by Crippen LogP contribution is -2.32. The number of rotatable bonds is 9. The van der Waals surface area contributed by atoms with E-state index in [1.807, 2.05) is 0 Å². The summed E-state index contributed by atoms with van der Waals surface area (Å²) in [5.41, 5.74) is 0.502. The minimum Gasteiger partial charge on any atom is -0.492 e. The first-order chi connectivity index (χ1) is 15.7. The Hall–Kier alpha value is -3.53. The molecule has 0 aliphatic heterocycles. The van der Waals surface area contributed by atoms with Crippen molar-refractivity contribution in [2.45, 2.75) is 25.3 Å². The number of hydrogen-bond donors (Lipinski definition) is 1. The van der Waals surface area contributed by atoms with E-state index in [4.69, 9.17) is 4.74 Å². The Kier molecular flexibility index (Phi) is 7.59. The number of halogens is 2. The van der Waals surface area contributed by atoms with E-state index in [0.29, 0.717) is 17.9 Å². The molecule has 0 fully saturated rings. The number of nitrogens with zero attached hydrogens (tertiary/aromatic N) is 2. The van der Waals surface area contributed by atoms with E-state index in [2.05, 4.69) is 9.71 Å². The molecule has 1 aromatic heterocycles. The van der Waals surface area contributed by atoms with Crippen LogP contribution in [0, 0.1) is 11.6 Å². The number of ether oxygens (including phenoxy) is 1. The third kappa shape index (κ3) is 5.83. The van der Waals surface area contributed by atoms with Crippen molar-refractivity contribution in [1.29, 1.82) is 0 Å². The SMILES string of the molecule is CCOc1cncc(NS(=O)(=O)c2ccccc2C(=O)N(CC)Cc2ccc(F)c(F)c2)c1. The summed E-state index contributed by atoms with van der Waals surface area (Å²) in [6.07, 6.45) is 2.78. The second-order valence-electron chi connectivity index (χ2n) is 7.01. The van der Waals surface area contributed by atoms with E-state index in [9.17, 15) is 22.0 Å². The molecule has 0 unspecified atom stereocenters. The largest absolute Gasteiger partial charge is 0.492 e. The fourth-order valence-electron chi connectivity index (χ4n) is 3.16. The number of sulfonamides is 1. The second kappa shape index (κ2) is 10.4. The van der Waals surface area contributed by atoms with Crippen molar-refractivity contribution in [1.82, 2.24) is 9.88 Å². The fraction of sp³-hybridized carbons (Fsp3) is 0.217. The van der Waals surface area contributed by atoms with Gasteiger partial charge < -0.3 is 9.64 Å². The van der Waals surface area contributed by atoms with Crippen LogP contribution >= 0.6 is 0 Å². The highest BCUT2D eigenvalue weighted by atomic mass is 32.2. The molecular formula is C23H23F2N3O4S. The molecule has 3 aromatic rings. The summed E-state index contributed by atoms with van der Waals surface area (Å²) in [5.74, 6) is -2.18. The molecule has 0 radical (unpaired) electrons. The van der Waals surface area contributed by atoms with Crippen LogP contribution in [0.3, 0.4) is 0 Å². The van der Waals surface area contributed by atoms with Gasteiger partial charge in [-0.25, -0.2) is 17.2 Å². The van der Waals surface area contributed by atoms with E-state index in [0.717, 1.165) is 12.1 Å². The molecule has 0 bridgehead atoms. The third-order valence-electron chi connectivity index (χ3n) is 4.71. The highest BCUT2D eigenvalue weighted by molar-refractivity contribution is 7.92. The Morgan fingerprint density at radius 3 is 2.52 bits per heavy atom. The zero-order valence-corrected chi connectivity index (χ0v) is 18.9. The van der Waals surface area contributed by atoms with E-state index >= 15 is 0 Å². The zero-order chi connectivity index (χ0) is 24.0. The van der Waals surface area contributed by atoms with Crippen LogP contribution in [-0.2, 0) is 16.6 Å². The quantitative estimate of drug-likeness (QED) is 0.501. The Bertz CT molecular complexity index is 1250. The second-order valence-corrected chi connectivity index (χ2v) is 8.66. The van der Waals surface area contributed by atoms with Gasteiger partial charge in [-0.2, -0.15) is 0 Å². The molecule has 0 spiro atoms. The lowest BCUT2D eigenvalue weighted by Gasteiger charge is -2.22. The highest BCUT2D eigenvalue weighted by Crippen LogP contribution is 2.23. The van der Waals surface area contributed by atoms with Crippen molar-refractivity contribution in [2.24, 2.45) is 0 Å². The topological polar surface area (TPSA) is 88.6 Å². The number of nitrogens with one attached hydrogen (secondary N) is 1. The maximum absolute atomic E-state index is 13.6. The van der Waals surface area contributed by atoms with E-state index in [-0.39, 0.29) is 29.2 Å². The van der Waals surface area contributed by atoms with Crippen LogP contribution in [0.15, 0.2) is 65.8 Å². The Morgan fingerprint density at radius 2 is 1.82 bits per heavy atom. The minimum atomic E-state index is -4.15. The van der Waals surface area contributed by atoms with E-state index in [1.165, 1.54) is 47.6 Å². The average molecular weight is 476 g/mol. The molecule has 0 saturated heterocycles. The molecule has 1 heterocycles. The smallest absolute Gasteiger partial charge is 0.262 e. The molecule has 1 amide bonds. The molecular weight excluding hydrogens is 452 g/mol. The summed E-state index contributed by atoms with van der Waals surface area (Å²) in [6, 6.07) is 10.6. The molecule has 3 rings (SSSR count). The Morgan fingerprint density at radius 1 is 1.06 bits per heavy atom. The predicted molar refractivity (Wildman–Crippen MR) is 119 cm³/mol. The Labute approximate surface area is 191 Å². The van der Waals surface area contributed by atoms with Gasteiger partial charge in [0.05, 0.1) is 30.3 Å². The molecule has 0 saturated carbocycles. The van der Waals surface area contributed by atoms with Gasteiger partial charge in [-0.15, -0.1) is 0 Å². The summed E-state index contributed by atoms with van der Waals surface area (Å²) in [5, 5.41) is 0. The van der Waals surface area contributed by atoms with Crippen LogP contribution in [-0.4, -0.2) is 37.4 Å². The van der Waals surface area contributed by atoms with Gasteiger partial charge in [0.25, 0.3) is 15.9 Å². The predicted octanol–water partition coefficient (Wildman–Crippen LogP) is 4.22. The summed E-state index contributed by atoms with van der Waals surface area (Å²) in [7, 11) is -4.15. The summed E-state index contributed by atoms with van der Waals surface area (Å²) >= 11 is 0. The maximum Gasteiger partial charge on any atom is 0.262 e. The van der Waals surface area contributed by atoms with Crippen molar-refractivity contribution >= 4 is 21.6 Å². The van der Waals surface area contributed by atoms with Gasteiger partial charge in [0.15, 0.2) is 11.6 Å². The summed E-state index contributed by atoms with van der Waals surface area (Å²) in [6.45, 7) is 4.09. The minimum absolute atomic E-state index is 0.0192. The molecule has 10 heteroatoms. The average Bonchev–Trinajstić information content (AvgIpc) is 2.79. The first-order valence-electron chi connectivity index (χ1n) is 10.2. The highest BCUT2D eigenvalue weighted by Gasteiger charge is 2.25. The molecule has 33 heavy (non-hydrogen) atoms. The lowest BCUT2D eigenvalue weighted by molar-refractivity contribution is 0.0748. The first-order valence-corrected chi connectivity index (χ1v) is 11.7. The van der Waals surface area contributed by atoms with Gasteiger partial charge >= 0.3 is 0 Å². The molecule has 0 atom stereocenters. The van der Waals surface area contributed by atoms with Crippen LogP contribution in [0.1, 0.15) is 29.8 Å². The van der Waals surface area contributed by atoms with Crippen LogP contribution < -0.4 is 9.46 Å². The number of aromatic nitrogens is 1. The van der Waals surface area contributed by atoms with Crippen molar-refractivity contribution in [2.75, 3.05) is 17.9 Å². The zero-order valence-electron chi connectivity index (χ0n) is 18.1. The number of hydrogen-bond acceptors (Lipinski definition) is 5. The third-order valence-corrected chi connectivity index (χ3v) is 6.15. The van der Waals surface area contributed by atoms with Crippen LogP contribution in [0.25, 0.3) is 0 Å². The molecule has 2 aromatic carbocycles. The van der Waals surface area contributed by atoms with Gasteiger partial charge in [-0.1, -0.05) is 18.2 Å². The number of anilines is 1. The molecule has 1 N–H and O–H groups in total. The van der Waals surface area contributed by atoms with Gasteiger partial charge in [0, 0.05) is 19.2 Å². The first kappa shape index (κ1) is 24.1. The molecule has 174 valence electrons. The maximum atomic E-state index is 13.6. The molecule has 0 aliphatic rings. The number of carbonyl (C=O) groups excluding carboxylic acids is 1. The van der Waals surface area contributed by atoms with Gasteiger partial charge in [-0.05, 0) is 43.7 Å². The Balaban J connectivity index is 1.89. The monoisotopic (exact) mass is 475 g/mol. The summed E-state index contributed by atoms with van der Waals surface area (Å²) in [4.78, 5) is 18.3. The van der Waals surface area contributed by atoms with Crippen LogP contribution in [0.2, 0.25) is 0 Å². The van der Waals surface area contributed by atoms with Crippen molar-refractivity contribution < 1.29 is 26.7 Å². The summed E-state index contributed by atoms with van der Waals surface area (Å²) < 4.78 is 60.8. The number of amides is 1. The van der Waals surface area contributed by atoms with E-state index in [1.54, 1.807) is 19.9 Å². The lowest BCUT2D eigenvalue weighted by atomic mass is 10.1. The number of pyridine rings is 1. The fourth-order valence-corrected chi connectivity index (χ4v) is 4.40. The number of benzene rings is 2. The van der Waals surface area contributed by atoms with Crippen molar-refractivity contribution in [3.05, 3.63) is 83.7 Å². The molecule has 7 nitrogen and oxygen atoms in total.